The first-order valence-electron chi connectivity index (χ1n) is 11.4. The van der Waals surface area contributed by atoms with Gasteiger partial charge in [0.2, 0.25) is 0 Å². The number of unbranched alkanes of at least 4 members (excludes halogenated alkanes) is 6. The Morgan fingerprint density at radius 2 is 1.06 bits per heavy atom. The number of amides is 2. The van der Waals surface area contributed by atoms with E-state index in [1.54, 1.807) is 23.5 Å². The normalized spacial score (nSPS) is 18.4. The van der Waals surface area contributed by atoms with E-state index < -0.39 is 0 Å². The molecular weight excluding hydrogens is 517 g/mol. The van der Waals surface area contributed by atoms with Crippen LogP contribution in [0.2, 0.25) is 0 Å². The van der Waals surface area contributed by atoms with Crippen LogP contribution in [-0.4, -0.2) is 36.4 Å². The van der Waals surface area contributed by atoms with E-state index in [4.69, 9.17) is 0 Å². The van der Waals surface area contributed by atoms with Crippen LogP contribution in [0.4, 0.5) is 0 Å². The third-order valence-corrected chi connectivity index (χ3v) is 13.8. The summed E-state index contributed by atoms with van der Waals surface area (Å²) in [7, 11) is 0. The molecule has 3 aliphatic heterocycles. The molecule has 0 saturated heterocycles. The Labute approximate surface area is 217 Å². The van der Waals surface area contributed by atoms with Crippen LogP contribution in [-0.2, 0) is 9.59 Å². The van der Waals surface area contributed by atoms with Gasteiger partial charge in [-0.05, 0) is 12.8 Å². The standard InChI is InChI=1S/C22H32N2O2S6/c1-3-5-7-9-11-23-17(25)15-16(18(26)24-12-10-8-6-4-2)30-21(29-15)22-31-19-20(32-22)28-14-13-27-19/h3-14H2,1-2H3,(H,23,25)(H,24,26). The van der Waals surface area contributed by atoms with Gasteiger partial charge in [-0.1, -0.05) is 99.4 Å². The fourth-order valence-corrected chi connectivity index (χ4v) is 11.9. The molecule has 3 heterocycles. The molecule has 178 valence electrons. The lowest BCUT2D eigenvalue weighted by molar-refractivity contribution is -0.119. The molecule has 2 amide bonds. The van der Waals surface area contributed by atoms with Crippen molar-refractivity contribution in [2.24, 2.45) is 0 Å². The summed E-state index contributed by atoms with van der Waals surface area (Å²) in [5.74, 6) is 2.07. The molecule has 0 aromatic heterocycles. The second-order valence-electron chi connectivity index (χ2n) is 7.55. The molecule has 0 bridgehead atoms. The van der Waals surface area contributed by atoms with E-state index in [2.05, 4.69) is 24.5 Å². The first-order chi connectivity index (χ1) is 15.6. The Morgan fingerprint density at radius 1 is 0.625 bits per heavy atom. The van der Waals surface area contributed by atoms with E-state index in [0.29, 0.717) is 22.9 Å². The lowest BCUT2D eigenvalue weighted by Gasteiger charge is -2.08. The van der Waals surface area contributed by atoms with Crippen LogP contribution in [0, 0.1) is 0 Å². The maximum absolute atomic E-state index is 13.0. The molecule has 4 nitrogen and oxygen atoms in total. The number of rotatable bonds is 12. The number of carbonyl (C=O) groups excluding carboxylic acids is 2. The lowest BCUT2D eigenvalue weighted by atomic mass is 10.2. The van der Waals surface area contributed by atoms with Crippen molar-refractivity contribution in [3.05, 3.63) is 26.8 Å². The first kappa shape index (κ1) is 26.9. The van der Waals surface area contributed by atoms with Gasteiger partial charge >= 0.3 is 0 Å². The van der Waals surface area contributed by atoms with E-state index in [1.165, 1.54) is 61.9 Å². The Kier molecular flexibility index (Phi) is 12.3. The number of hydrogen-bond donors (Lipinski definition) is 2. The van der Waals surface area contributed by atoms with Gasteiger partial charge in [0.1, 0.15) is 0 Å². The van der Waals surface area contributed by atoms with E-state index in [9.17, 15) is 9.59 Å². The molecule has 32 heavy (non-hydrogen) atoms. The number of thioether (sulfide) groups is 6. The zero-order valence-electron chi connectivity index (χ0n) is 18.8. The zero-order chi connectivity index (χ0) is 22.8. The fourth-order valence-electron chi connectivity index (χ4n) is 3.15. The maximum atomic E-state index is 13.0. The average molecular weight is 549 g/mol. The van der Waals surface area contributed by atoms with Gasteiger partial charge in [0, 0.05) is 24.6 Å². The Hall–Kier alpha value is 0.260. The molecule has 0 spiro atoms. The summed E-state index contributed by atoms with van der Waals surface area (Å²) < 4.78 is 5.05. The van der Waals surface area contributed by atoms with Crippen molar-refractivity contribution >= 4 is 82.4 Å². The third kappa shape index (κ3) is 7.90. The topological polar surface area (TPSA) is 58.2 Å². The van der Waals surface area contributed by atoms with Crippen molar-refractivity contribution in [3.63, 3.8) is 0 Å². The minimum absolute atomic E-state index is 0.111. The molecule has 0 unspecified atom stereocenters. The van der Waals surface area contributed by atoms with Crippen LogP contribution in [0.1, 0.15) is 65.2 Å². The van der Waals surface area contributed by atoms with Gasteiger partial charge in [-0.3, -0.25) is 9.59 Å². The Morgan fingerprint density at radius 3 is 1.50 bits per heavy atom. The first-order valence-corrected chi connectivity index (χ1v) is 16.6. The van der Waals surface area contributed by atoms with Crippen molar-refractivity contribution in [2.45, 2.75) is 65.2 Å². The van der Waals surface area contributed by atoms with Gasteiger partial charge in [0.05, 0.1) is 26.8 Å². The molecule has 0 aromatic rings. The number of nitrogens with one attached hydrogen (secondary N) is 2. The molecule has 0 saturated carbocycles. The molecular formula is C22H32N2O2S6. The smallest absolute Gasteiger partial charge is 0.259 e. The zero-order valence-corrected chi connectivity index (χ0v) is 23.7. The van der Waals surface area contributed by atoms with E-state index in [1.807, 2.05) is 23.5 Å². The van der Waals surface area contributed by atoms with Gasteiger partial charge in [-0.15, -0.1) is 23.5 Å². The van der Waals surface area contributed by atoms with Crippen molar-refractivity contribution in [3.8, 4) is 0 Å². The van der Waals surface area contributed by atoms with Crippen LogP contribution in [0.5, 0.6) is 0 Å². The van der Waals surface area contributed by atoms with Crippen LogP contribution in [0.25, 0.3) is 0 Å². The van der Waals surface area contributed by atoms with E-state index in [-0.39, 0.29) is 11.8 Å². The molecule has 3 aliphatic rings. The summed E-state index contributed by atoms with van der Waals surface area (Å²) in [6, 6.07) is 0. The molecule has 0 aromatic carbocycles. The summed E-state index contributed by atoms with van der Waals surface area (Å²) >= 11 is 10.4. The number of carbonyl (C=O) groups is 2. The largest absolute Gasteiger partial charge is 0.352 e. The molecule has 0 aliphatic carbocycles. The molecule has 0 radical (unpaired) electrons. The van der Waals surface area contributed by atoms with Crippen molar-refractivity contribution < 1.29 is 9.59 Å². The van der Waals surface area contributed by atoms with Gasteiger partial charge in [-0.2, -0.15) is 0 Å². The predicted octanol–water partition coefficient (Wildman–Crippen LogP) is 7.28. The van der Waals surface area contributed by atoms with Gasteiger partial charge < -0.3 is 10.6 Å². The van der Waals surface area contributed by atoms with Crippen molar-refractivity contribution in [2.75, 3.05) is 24.6 Å². The summed E-state index contributed by atoms with van der Waals surface area (Å²) in [5, 5.41) is 6.10. The number of hydrogen-bond acceptors (Lipinski definition) is 8. The highest BCUT2D eigenvalue weighted by Crippen LogP contribution is 2.64. The summed E-state index contributed by atoms with van der Waals surface area (Å²) in [6.07, 6.45) is 8.93. The van der Waals surface area contributed by atoms with Crippen molar-refractivity contribution in [1.29, 1.82) is 0 Å². The van der Waals surface area contributed by atoms with Gasteiger partial charge in [0.15, 0.2) is 0 Å². The van der Waals surface area contributed by atoms with Crippen molar-refractivity contribution in [1.82, 2.24) is 10.6 Å². The lowest BCUT2D eigenvalue weighted by Crippen LogP contribution is -2.29. The molecule has 0 atom stereocenters. The molecule has 10 heteroatoms. The fraction of sp³-hybridized carbons (Fsp3) is 0.636. The minimum atomic E-state index is -0.111. The maximum Gasteiger partial charge on any atom is 0.259 e. The van der Waals surface area contributed by atoms with Gasteiger partial charge in [-0.25, -0.2) is 0 Å². The highest BCUT2D eigenvalue weighted by Gasteiger charge is 2.35. The SMILES string of the molecule is CCCCCCNC(=O)C1=C(C(=O)NCCCCCC)SC(=C2SC3=C(SCCS3)S2)S1. The quantitative estimate of drug-likeness (QED) is 0.247. The summed E-state index contributed by atoms with van der Waals surface area (Å²) in [6.45, 7) is 5.69. The second-order valence-corrected chi connectivity index (χ2v) is 14.9. The van der Waals surface area contributed by atoms with E-state index in [0.717, 1.165) is 41.4 Å². The Balaban J connectivity index is 1.64. The van der Waals surface area contributed by atoms with E-state index >= 15 is 0 Å². The highest BCUT2D eigenvalue weighted by molar-refractivity contribution is 8.43. The van der Waals surface area contributed by atoms with Crippen LogP contribution >= 0.6 is 70.6 Å². The van der Waals surface area contributed by atoms with Crippen LogP contribution < -0.4 is 10.6 Å². The molecule has 2 N–H and O–H groups in total. The average Bonchev–Trinajstić information content (AvgIpc) is 3.43. The third-order valence-electron chi connectivity index (χ3n) is 4.89. The molecule has 3 rings (SSSR count). The summed E-state index contributed by atoms with van der Waals surface area (Å²) in [5.41, 5.74) is 0. The van der Waals surface area contributed by atoms with Crippen LogP contribution in [0.15, 0.2) is 26.8 Å². The Bertz CT molecular complexity index is 733. The monoisotopic (exact) mass is 548 g/mol. The highest BCUT2D eigenvalue weighted by atomic mass is 32.3. The van der Waals surface area contributed by atoms with Gasteiger partial charge in [0.25, 0.3) is 11.8 Å². The summed E-state index contributed by atoms with van der Waals surface area (Å²) in [4.78, 5) is 27.1. The minimum Gasteiger partial charge on any atom is -0.352 e. The van der Waals surface area contributed by atoms with Crippen LogP contribution in [0.3, 0.4) is 0 Å². The predicted molar refractivity (Wildman–Crippen MR) is 151 cm³/mol. The molecule has 0 fully saturated rings. The second kappa shape index (κ2) is 14.6.